The molecule has 0 aliphatic heterocycles. The van der Waals surface area contributed by atoms with Crippen LogP contribution in [-0.2, 0) is 9.59 Å². The van der Waals surface area contributed by atoms with Gasteiger partial charge in [0.25, 0.3) is 0 Å². The van der Waals surface area contributed by atoms with Crippen molar-refractivity contribution in [2.45, 2.75) is 79.6 Å². The maximum absolute atomic E-state index is 12.1. The maximum Gasteiger partial charge on any atom is 0.140 e. The molecule has 0 aromatic heterocycles. The Morgan fingerprint density at radius 1 is 1.05 bits per heavy atom. The third-order valence-electron chi connectivity index (χ3n) is 4.64. The third kappa shape index (κ3) is 5.38. The Bertz CT molecular complexity index is 332. The summed E-state index contributed by atoms with van der Waals surface area (Å²) in [4.78, 5) is 24.3. The van der Waals surface area contributed by atoms with Gasteiger partial charge in [-0.2, -0.15) is 0 Å². The molecule has 1 fully saturated rings. The molecule has 0 bridgehead atoms. The first kappa shape index (κ1) is 17.4. The van der Waals surface area contributed by atoms with Crippen LogP contribution < -0.4 is 0 Å². The number of hydrogen-bond donors (Lipinski definition) is 0. The van der Waals surface area contributed by atoms with Gasteiger partial charge in [-0.3, -0.25) is 9.59 Å². The molecule has 0 N–H and O–H groups in total. The lowest BCUT2D eigenvalue weighted by Gasteiger charge is -2.23. The second kappa shape index (κ2) is 7.38. The minimum atomic E-state index is -0.248. The molecular weight excluding hydrogens is 248 g/mol. The highest BCUT2D eigenvalue weighted by molar-refractivity contribution is 5.85. The van der Waals surface area contributed by atoms with E-state index in [9.17, 15) is 9.59 Å². The monoisotopic (exact) mass is 280 g/mol. The molecule has 2 heteroatoms. The Balaban J connectivity index is 2.30. The standard InChI is InChI=1S/C18H32O2/c1-13(12-16(19)15-8-6-7-9-15)10-11-14(2)17(20)18(3,4)5/h13-15H,6-12H2,1-5H3. The summed E-state index contributed by atoms with van der Waals surface area (Å²) < 4.78 is 0. The topological polar surface area (TPSA) is 34.1 Å². The van der Waals surface area contributed by atoms with Crippen LogP contribution in [0.25, 0.3) is 0 Å². The zero-order chi connectivity index (χ0) is 15.3. The van der Waals surface area contributed by atoms with Crippen molar-refractivity contribution in [3.63, 3.8) is 0 Å². The predicted octanol–water partition coefficient (Wildman–Crippen LogP) is 4.80. The van der Waals surface area contributed by atoms with E-state index < -0.39 is 0 Å². The van der Waals surface area contributed by atoms with E-state index in [1.54, 1.807) is 0 Å². The SMILES string of the molecule is CC(CCC(C)C(=O)C(C)(C)C)CC(=O)C1CCCC1. The van der Waals surface area contributed by atoms with Crippen LogP contribution in [0, 0.1) is 23.2 Å². The van der Waals surface area contributed by atoms with Crippen LogP contribution in [0.5, 0.6) is 0 Å². The van der Waals surface area contributed by atoms with E-state index in [0.29, 0.717) is 29.8 Å². The number of rotatable bonds is 7. The Kier molecular flexibility index (Phi) is 6.42. The highest BCUT2D eigenvalue weighted by Gasteiger charge is 2.27. The normalized spacial score (nSPS) is 19.9. The Hall–Kier alpha value is -0.660. The van der Waals surface area contributed by atoms with Crippen molar-refractivity contribution in [2.75, 3.05) is 0 Å². The van der Waals surface area contributed by atoms with Crippen molar-refractivity contribution in [2.24, 2.45) is 23.2 Å². The summed E-state index contributed by atoms with van der Waals surface area (Å²) in [6, 6.07) is 0. The number of ketones is 2. The van der Waals surface area contributed by atoms with Crippen LogP contribution in [0.3, 0.4) is 0 Å². The second-order valence-electron chi connectivity index (χ2n) is 7.85. The van der Waals surface area contributed by atoms with Crippen molar-refractivity contribution >= 4 is 11.6 Å². The second-order valence-corrected chi connectivity index (χ2v) is 7.85. The molecule has 116 valence electrons. The molecule has 1 rings (SSSR count). The number of Topliss-reactive ketones (excluding diaryl/α,β-unsaturated/α-hetero) is 2. The summed E-state index contributed by atoms with van der Waals surface area (Å²) >= 11 is 0. The van der Waals surface area contributed by atoms with Gasteiger partial charge in [0.15, 0.2) is 0 Å². The minimum Gasteiger partial charge on any atom is -0.299 e. The quantitative estimate of drug-likeness (QED) is 0.671. The maximum atomic E-state index is 12.1. The fourth-order valence-electron chi connectivity index (χ4n) is 3.26. The van der Waals surface area contributed by atoms with Crippen LogP contribution >= 0.6 is 0 Å². The molecule has 1 saturated carbocycles. The smallest absolute Gasteiger partial charge is 0.140 e. The van der Waals surface area contributed by atoms with Gasteiger partial charge in [0.2, 0.25) is 0 Å². The molecule has 0 radical (unpaired) electrons. The van der Waals surface area contributed by atoms with E-state index in [1.807, 2.05) is 27.7 Å². The van der Waals surface area contributed by atoms with Gasteiger partial charge < -0.3 is 0 Å². The van der Waals surface area contributed by atoms with Gasteiger partial charge in [0.05, 0.1) is 0 Å². The van der Waals surface area contributed by atoms with Crippen molar-refractivity contribution in [3.8, 4) is 0 Å². The summed E-state index contributed by atoms with van der Waals surface area (Å²) in [5.74, 6) is 1.67. The lowest BCUT2D eigenvalue weighted by molar-refractivity contribution is -0.130. The molecule has 1 aliphatic rings. The van der Waals surface area contributed by atoms with E-state index in [1.165, 1.54) is 12.8 Å². The summed E-state index contributed by atoms with van der Waals surface area (Å²) in [5.41, 5.74) is -0.248. The third-order valence-corrected chi connectivity index (χ3v) is 4.64. The molecule has 2 nitrogen and oxygen atoms in total. The van der Waals surface area contributed by atoms with E-state index in [4.69, 9.17) is 0 Å². The molecule has 20 heavy (non-hydrogen) atoms. The Morgan fingerprint density at radius 2 is 1.60 bits per heavy atom. The Morgan fingerprint density at radius 3 is 2.10 bits per heavy atom. The van der Waals surface area contributed by atoms with Gasteiger partial charge in [-0.1, -0.05) is 47.5 Å². The summed E-state index contributed by atoms with van der Waals surface area (Å²) in [7, 11) is 0. The van der Waals surface area contributed by atoms with E-state index in [0.717, 1.165) is 25.7 Å². The zero-order valence-electron chi connectivity index (χ0n) is 14.0. The predicted molar refractivity (Wildman–Crippen MR) is 83.6 cm³/mol. The van der Waals surface area contributed by atoms with Gasteiger partial charge in [0, 0.05) is 23.7 Å². The van der Waals surface area contributed by atoms with Crippen molar-refractivity contribution in [1.29, 1.82) is 0 Å². The first-order chi connectivity index (χ1) is 9.21. The van der Waals surface area contributed by atoms with E-state index >= 15 is 0 Å². The molecule has 0 spiro atoms. The summed E-state index contributed by atoms with van der Waals surface area (Å²) in [6.45, 7) is 10.1. The molecule has 0 saturated heterocycles. The number of hydrogen-bond acceptors (Lipinski definition) is 2. The van der Waals surface area contributed by atoms with Crippen LogP contribution in [0.2, 0.25) is 0 Å². The first-order valence-corrected chi connectivity index (χ1v) is 8.29. The molecule has 0 heterocycles. The molecule has 2 unspecified atom stereocenters. The van der Waals surface area contributed by atoms with Gasteiger partial charge >= 0.3 is 0 Å². The fourth-order valence-corrected chi connectivity index (χ4v) is 3.26. The van der Waals surface area contributed by atoms with Gasteiger partial charge in [-0.25, -0.2) is 0 Å². The summed E-state index contributed by atoms with van der Waals surface area (Å²) in [5, 5.41) is 0. The van der Waals surface area contributed by atoms with Crippen LogP contribution in [0.1, 0.15) is 79.6 Å². The highest BCUT2D eigenvalue weighted by Crippen LogP contribution is 2.29. The highest BCUT2D eigenvalue weighted by atomic mass is 16.1. The van der Waals surface area contributed by atoms with Crippen molar-refractivity contribution < 1.29 is 9.59 Å². The molecular formula is C18H32O2. The van der Waals surface area contributed by atoms with Crippen molar-refractivity contribution in [3.05, 3.63) is 0 Å². The average Bonchev–Trinajstić information content (AvgIpc) is 2.87. The van der Waals surface area contributed by atoms with Crippen LogP contribution in [-0.4, -0.2) is 11.6 Å². The zero-order valence-corrected chi connectivity index (χ0v) is 14.0. The van der Waals surface area contributed by atoms with Gasteiger partial charge in [-0.15, -0.1) is 0 Å². The number of carbonyl (C=O) groups excluding carboxylic acids is 2. The molecule has 0 amide bonds. The lowest BCUT2D eigenvalue weighted by Crippen LogP contribution is -2.27. The molecule has 2 atom stereocenters. The van der Waals surface area contributed by atoms with Crippen LogP contribution in [0.15, 0.2) is 0 Å². The summed E-state index contributed by atoms with van der Waals surface area (Å²) in [6.07, 6.45) is 7.26. The molecule has 1 aliphatic carbocycles. The number of carbonyl (C=O) groups is 2. The molecule has 0 aromatic rings. The van der Waals surface area contributed by atoms with Gasteiger partial charge in [0.1, 0.15) is 11.6 Å². The first-order valence-electron chi connectivity index (χ1n) is 8.29. The average molecular weight is 280 g/mol. The van der Waals surface area contributed by atoms with Gasteiger partial charge in [-0.05, 0) is 31.6 Å². The molecule has 0 aromatic carbocycles. The minimum absolute atomic E-state index is 0.110. The van der Waals surface area contributed by atoms with E-state index in [-0.39, 0.29) is 11.3 Å². The Labute approximate surface area is 124 Å². The van der Waals surface area contributed by atoms with E-state index in [2.05, 4.69) is 6.92 Å². The van der Waals surface area contributed by atoms with Crippen LogP contribution in [0.4, 0.5) is 0 Å². The lowest BCUT2D eigenvalue weighted by atomic mass is 9.80. The van der Waals surface area contributed by atoms with Crippen molar-refractivity contribution in [1.82, 2.24) is 0 Å². The fraction of sp³-hybridized carbons (Fsp3) is 0.889. The largest absolute Gasteiger partial charge is 0.299 e.